The van der Waals surface area contributed by atoms with Gasteiger partial charge in [-0.3, -0.25) is 4.79 Å². The molecule has 0 saturated carbocycles. The van der Waals surface area contributed by atoms with E-state index in [2.05, 4.69) is 5.32 Å². The summed E-state index contributed by atoms with van der Waals surface area (Å²) in [6.07, 6.45) is -1.18. The van der Waals surface area contributed by atoms with Crippen LogP contribution in [-0.2, 0) is 24.3 Å². The third-order valence-electron chi connectivity index (χ3n) is 3.19. The normalized spacial score (nSPS) is 12.7. The van der Waals surface area contributed by atoms with E-state index in [-0.39, 0.29) is 18.0 Å². The fourth-order valence-electron chi connectivity index (χ4n) is 1.73. The number of ether oxygens (including phenoxy) is 2. The van der Waals surface area contributed by atoms with Crippen molar-refractivity contribution in [3.63, 3.8) is 0 Å². The van der Waals surface area contributed by atoms with Crippen molar-refractivity contribution >= 4 is 21.9 Å². The molecule has 0 unspecified atom stereocenters. The minimum absolute atomic E-state index is 0.224. The van der Waals surface area contributed by atoms with Gasteiger partial charge in [0.15, 0.2) is 6.10 Å². The van der Waals surface area contributed by atoms with Crippen LogP contribution >= 0.6 is 0 Å². The molecule has 0 aliphatic heterocycles. The number of carbonyl (C=O) groups excluding carboxylic acids is 2. The number of carbonyl (C=O) groups is 2. The summed E-state index contributed by atoms with van der Waals surface area (Å²) in [4.78, 5) is 23.6. The van der Waals surface area contributed by atoms with Crippen LogP contribution in [0.4, 0.5) is 4.39 Å². The van der Waals surface area contributed by atoms with Crippen molar-refractivity contribution in [3.05, 3.63) is 29.6 Å². The van der Waals surface area contributed by atoms with Crippen LogP contribution in [-0.4, -0.2) is 65.1 Å². The molecule has 1 atom stereocenters. The molecule has 0 fully saturated rings. The summed E-state index contributed by atoms with van der Waals surface area (Å²) in [5.74, 6) is -2.67. The van der Waals surface area contributed by atoms with Gasteiger partial charge in [0.05, 0.1) is 17.1 Å². The molecule has 0 aromatic heterocycles. The van der Waals surface area contributed by atoms with Crippen LogP contribution in [0.1, 0.15) is 17.3 Å². The molecule has 1 aromatic rings. The first kappa shape index (κ1) is 21.0. The number of hydrogen-bond acceptors (Lipinski definition) is 6. The average Bonchev–Trinajstić information content (AvgIpc) is 2.54. The Bertz CT molecular complexity index is 736. The number of benzene rings is 1. The first-order valence-corrected chi connectivity index (χ1v) is 8.75. The first-order chi connectivity index (χ1) is 11.6. The smallest absolute Gasteiger partial charge is 0.341 e. The molecule has 10 heteroatoms. The van der Waals surface area contributed by atoms with Crippen LogP contribution in [0.2, 0.25) is 0 Å². The topological polar surface area (TPSA) is 102 Å². The van der Waals surface area contributed by atoms with Crippen LogP contribution in [0.3, 0.4) is 0 Å². The number of rotatable bonds is 8. The van der Waals surface area contributed by atoms with Gasteiger partial charge in [-0.05, 0) is 25.1 Å². The number of esters is 1. The fourth-order valence-corrected chi connectivity index (χ4v) is 2.66. The van der Waals surface area contributed by atoms with Gasteiger partial charge in [-0.2, -0.15) is 0 Å². The van der Waals surface area contributed by atoms with Gasteiger partial charge in [0.1, 0.15) is 5.82 Å². The maximum Gasteiger partial charge on any atom is 0.341 e. The predicted molar refractivity (Wildman–Crippen MR) is 87.0 cm³/mol. The van der Waals surface area contributed by atoms with Crippen LogP contribution in [0, 0.1) is 5.82 Å². The van der Waals surface area contributed by atoms with Crippen molar-refractivity contribution in [1.82, 2.24) is 9.62 Å². The molecule has 25 heavy (non-hydrogen) atoms. The summed E-state index contributed by atoms with van der Waals surface area (Å²) in [6, 6.07) is 2.78. The van der Waals surface area contributed by atoms with E-state index in [1.165, 1.54) is 28.1 Å². The average molecular weight is 376 g/mol. The lowest BCUT2D eigenvalue weighted by molar-refractivity contribution is -0.129. The van der Waals surface area contributed by atoms with Crippen LogP contribution in [0.15, 0.2) is 23.1 Å². The number of nitrogens with one attached hydrogen (secondary N) is 1. The van der Waals surface area contributed by atoms with Gasteiger partial charge in [-0.1, -0.05) is 0 Å². The maximum absolute atomic E-state index is 13.9. The molecule has 1 rings (SSSR count). The molecule has 1 amide bonds. The van der Waals surface area contributed by atoms with Gasteiger partial charge in [0.2, 0.25) is 10.0 Å². The number of amides is 1. The highest BCUT2D eigenvalue weighted by Gasteiger charge is 2.24. The standard InChI is InChI=1S/C15H21FN2O6S/c1-10(14(19)17-7-8-23-4)24-15(20)12-9-11(5-6-13(12)16)25(21,22)18(2)3/h5-6,9-10H,7-8H2,1-4H3,(H,17,19)/t10-/m0/s1. The number of sulfonamides is 1. The minimum atomic E-state index is -3.84. The van der Waals surface area contributed by atoms with E-state index in [9.17, 15) is 22.4 Å². The Labute approximate surface area is 146 Å². The fraction of sp³-hybridized carbons (Fsp3) is 0.467. The van der Waals surface area contributed by atoms with Crippen LogP contribution < -0.4 is 5.32 Å². The Hall–Kier alpha value is -2.04. The Morgan fingerprint density at radius 1 is 1.32 bits per heavy atom. The summed E-state index contributed by atoms with van der Waals surface area (Å²) in [5.41, 5.74) is -0.570. The molecule has 1 aromatic carbocycles. The highest BCUT2D eigenvalue weighted by molar-refractivity contribution is 7.89. The summed E-state index contributed by atoms with van der Waals surface area (Å²) in [5, 5.41) is 2.47. The Kier molecular flexibility index (Phi) is 7.46. The van der Waals surface area contributed by atoms with Crippen molar-refractivity contribution in [2.45, 2.75) is 17.9 Å². The summed E-state index contributed by atoms with van der Waals surface area (Å²) < 4.78 is 48.6. The third kappa shape index (κ3) is 5.48. The van der Waals surface area contributed by atoms with Crippen molar-refractivity contribution in [2.75, 3.05) is 34.4 Å². The highest BCUT2D eigenvalue weighted by atomic mass is 32.2. The molecular formula is C15H21FN2O6S. The molecule has 140 valence electrons. The lowest BCUT2D eigenvalue weighted by Crippen LogP contribution is -2.37. The zero-order valence-electron chi connectivity index (χ0n) is 14.4. The van der Waals surface area contributed by atoms with E-state index in [4.69, 9.17) is 9.47 Å². The quantitative estimate of drug-likeness (QED) is 0.520. The number of hydrogen-bond donors (Lipinski definition) is 1. The van der Waals surface area contributed by atoms with Crippen molar-refractivity contribution in [2.24, 2.45) is 0 Å². The Balaban J connectivity index is 2.93. The SMILES string of the molecule is COCCNC(=O)[C@H](C)OC(=O)c1cc(S(=O)(=O)N(C)C)ccc1F. The molecule has 8 nitrogen and oxygen atoms in total. The minimum Gasteiger partial charge on any atom is -0.449 e. The monoisotopic (exact) mass is 376 g/mol. The summed E-state index contributed by atoms with van der Waals surface area (Å²) >= 11 is 0. The van der Waals surface area contributed by atoms with Crippen LogP contribution in [0.5, 0.6) is 0 Å². The van der Waals surface area contributed by atoms with Gasteiger partial charge < -0.3 is 14.8 Å². The van der Waals surface area contributed by atoms with Gasteiger partial charge in [-0.15, -0.1) is 0 Å². The maximum atomic E-state index is 13.9. The van der Waals surface area contributed by atoms with E-state index in [0.717, 1.165) is 22.5 Å². The van der Waals surface area contributed by atoms with E-state index in [1.54, 1.807) is 0 Å². The zero-order chi connectivity index (χ0) is 19.2. The molecule has 0 bridgehead atoms. The summed E-state index contributed by atoms with van der Waals surface area (Å²) in [7, 11) is 0.239. The second kappa shape index (κ2) is 8.88. The highest BCUT2D eigenvalue weighted by Crippen LogP contribution is 2.19. The van der Waals surface area contributed by atoms with Gasteiger partial charge in [0, 0.05) is 27.7 Å². The number of methoxy groups -OCH3 is 1. The Morgan fingerprint density at radius 3 is 2.52 bits per heavy atom. The second-order valence-corrected chi connectivity index (χ2v) is 7.41. The van der Waals surface area contributed by atoms with E-state index < -0.39 is 39.4 Å². The molecule has 0 heterocycles. The van der Waals surface area contributed by atoms with E-state index >= 15 is 0 Å². The largest absolute Gasteiger partial charge is 0.449 e. The molecular weight excluding hydrogens is 355 g/mol. The Morgan fingerprint density at radius 2 is 1.96 bits per heavy atom. The predicted octanol–water partition coefficient (Wildman–Crippen LogP) is 0.384. The second-order valence-electron chi connectivity index (χ2n) is 5.26. The number of nitrogens with zero attached hydrogens (tertiary/aromatic N) is 1. The molecule has 1 N–H and O–H groups in total. The molecule has 0 spiro atoms. The summed E-state index contributed by atoms with van der Waals surface area (Å²) in [6.45, 7) is 1.83. The van der Waals surface area contributed by atoms with Crippen molar-refractivity contribution < 1.29 is 31.9 Å². The van der Waals surface area contributed by atoms with Gasteiger partial charge in [0.25, 0.3) is 5.91 Å². The van der Waals surface area contributed by atoms with Crippen LogP contribution in [0.25, 0.3) is 0 Å². The van der Waals surface area contributed by atoms with Gasteiger partial charge in [-0.25, -0.2) is 21.9 Å². The number of halogens is 1. The molecule has 0 aliphatic rings. The van der Waals surface area contributed by atoms with Gasteiger partial charge >= 0.3 is 5.97 Å². The van der Waals surface area contributed by atoms with Crippen molar-refractivity contribution in [1.29, 1.82) is 0 Å². The molecule has 0 radical (unpaired) electrons. The lowest BCUT2D eigenvalue weighted by atomic mass is 10.2. The van der Waals surface area contributed by atoms with E-state index in [0.29, 0.717) is 0 Å². The first-order valence-electron chi connectivity index (χ1n) is 7.31. The third-order valence-corrected chi connectivity index (χ3v) is 5.01. The van der Waals surface area contributed by atoms with Crippen molar-refractivity contribution in [3.8, 4) is 0 Å². The zero-order valence-corrected chi connectivity index (χ0v) is 15.2. The molecule has 0 aliphatic carbocycles. The van der Waals surface area contributed by atoms with E-state index in [1.807, 2.05) is 0 Å². The lowest BCUT2D eigenvalue weighted by Gasteiger charge is -2.15. The molecule has 0 saturated heterocycles.